The lowest BCUT2D eigenvalue weighted by Crippen LogP contribution is -2.30. The van der Waals surface area contributed by atoms with Crippen LogP contribution in [0.2, 0.25) is 0 Å². The van der Waals surface area contributed by atoms with Crippen LogP contribution < -0.4 is 20.4 Å². The van der Waals surface area contributed by atoms with Gasteiger partial charge in [0.1, 0.15) is 12.4 Å². The minimum absolute atomic E-state index is 0.0674. The molecule has 0 amide bonds. The average Bonchev–Trinajstić information content (AvgIpc) is 2.78. The fourth-order valence-corrected chi connectivity index (χ4v) is 4.52. The van der Waals surface area contributed by atoms with Crippen molar-refractivity contribution in [2.75, 3.05) is 50.6 Å². The second-order valence-electron chi connectivity index (χ2n) is 8.65. The zero-order valence-corrected chi connectivity index (χ0v) is 19.7. The predicted octanol–water partition coefficient (Wildman–Crippen LogP) is 2.82. The number of nitrogens with one attached hydrogen (secondary N) is 2. The average molecular weight is 440 g/mol. The molecule has 3 N–H and O–H groups in total. The topological polar surface area (TPSA) is 80.7 Å². The second kappa shape index (κ2) is 11.8. The van der Waals surface area contributed by atoms with E-state index < -0.39 is 5.97 Å². The van der Waals surface area contributed by atoms with Crippen LogP contribution in [0.25, 0.3) is 0 Å². The summed E-state index contributed by atoms with van der Waals surface area (Å²) in [4.78, 5) is 20.1. The summed E-state index contributed by atoms with van der Waals surface area (Å²) < 4.78 is 0. The summed E-state index contributed by atoms with van der Waals surface area (Å²) in [5.41, 5.74) is 6.17. The minimum atomic E-state index is -0.855. The maximum absolute atomic E-state index is 11.3. The molecule has 2 heterocycles. The third-order valence-corrected chi connectivity index (χ3v) is 6.00. The van der Waals surface area contributed by atoms with Crippen molar-refractivity contribution in [2.24, 2.45) is 0 Å². The second-order valence-corrected chi connectivity index (χ2v) is 8.65. The van der Waals surface area contributed by atoms with Crippen molar-refractivity contribution in [1.29, 1.82) is 0 Å². The molecule has 1 aliphatic heterocycles. The Hall–Kier alpha value is -2.64. The Bertz CT molecular complexity index is 896. The van der Waals surface area contributed by atoms with E-state index in [9.17, 15) is 9.90 Å². The number of anilines is 2. The molecule has 1 aliphatic rings. The quantitative estimate of drug-likeness (QED) is 0.497. The van der Waals surface area contributed by atoms with E-state index in [4.69, 9.17) is 0 Å². The number of carbonyl (C=O) groups is 1. The molecule has 0 radical (unpaired) electrons. The molecule has 7 nitrogen and oxygen atoms in total. The molecule has 0 aliphatic carbocycles. The molecule has 0 atom stereocenters. The van der Waals surface area contributed by atoms with E-state index >= 15 is 0 Å². The number of benzene rings is 1. The van der Waals surface area contributed by atoms with Gasteiger partial charge in [-0.1, -0.05) is 12.1 Å². The van der Waals surface area contributed by atoms with Gasteiger partial charge in [-0.15, -0.1) is 0 Å². The largest absolute Gasteiger partial charge is 0.480 e. The van der Waals surface area contributed by atoms with E-state index in [0.717, 1.165) is 56.0 Å². The van der Waals surface area contributed by atoms with Crippen LogP contribution in [0.15, 0.2) is 30.5 Å². The van der Waals surface area contributed by atoms with Gasteiger partial charge in [-0.2, -0.15) is 0 Å². The highest BCUT2D eigenvalue weighted by molar-refractivity contribution is 5.73. The van der Waals surface area contributed by atoms with Gasteiger partial charge in [0.05, 0.1) is 0 Å². The molecule has 0 unspecified atom stereocenters. The molecule has 0 saturated carbocycles. The number of hydrogen-bond acceptors (Lipinski definition) is 6. The Morgan fingerprint density at radius 1 is 1.03 bits per heavy atom. The minimum Gasteiger partial charge on any atom is -0.480 e. The molecular formula is C25H37N5O2. The van der Waals surface area contributed by atoms with Crippen LogP contribution >= 0.6 is 0 Å². The van der Waals surface area contributed by atoms with Crippen molar-refractivity contribution < 1.29 is 9.90 Å². The van der Waals surface area contributed by atoms with Crippen LogP contribution in [-0.2, 0) is 30.7 Å². The van der Waals surface area contributed by atoms with Crippen molar-refractivity contribution >= 4 is 17.5 Å². The standard InChI is InChI=1S/C25H37N5O2/c1-26-15-19-7-10-23(30-11-5-4-6-12-30)21(13-19)8-9-22-14-20(16-27-2)17-28-25(22)29(3)18-24(31)32/h7,10,13-14,17,26-27H,4-6,8-9,11-12,15-16,18H2,1-3H3,(H,31,32). The summed E-state index contributed by atoms with van der Waals surface area (Å²) in [7, 11) is 5.69. The molecule has 32 heavy (non-hydrogen) atoms. The van der Waals surface area contributed by atoms with E-state index in [1.807, 2.05) is 20.3 Å². The first-order valence-corrected chi connectivity index (χ1v) is 11.6. The van der Waals surface area contributed by atoms with Crippen LogP contribution in [-0.4, -0.2) is 56.8 Å². The number of rotatable bonds is 11. The number of nitrogens with zero attached hydrogens (tertiary/aromatic N) is 3. The number of carboxylic acid groups (broad SMARTS) is 1. The lowest BCUT2D eigenvalue weighted by Gasteiger charge is -2.31. The summed E-state index contributed by atoms with van der Waals surface area (Å²) in [6.07, 6.45) is 7.35. The highest BCUT2D eigenvalue weighted by Gasteiger charge is 2.17. The fourth-order valence-electron chi connectivity index (χ4n) is 4.52. The van der Waals surface area contributed by atoms with Gasteiger partial charge >= 0.3 is 5.97 Å². The van der Waals surface area contributed by atoms with Crippen LogP contribution in [0.4, 0.5) is 11.5 Å². The van der Waals surface area contributed by atoms with Gasteiger partial charge in [0.15, 0.2) is 0 Å². The Labute approximate surface area is 191 Å². The van der Waals surface area contributed by atoms with Crippen LogP contribution in [0.5, 0.6) is 0 Å². The number of likely N-dealkylation sites (N-methyl/N-ethyl adjacent to an activating group) is 1. The summed E-state index contributed by atoms with van der Waals surface area (Å²) in [6.45, 7) is 3.75. The summed E-state index contributed by atoms with van der Waals surface area (Å²) in [5.74, 6) is -0.107. The van der Waals surface area contributed by atoms with Crippen molar-refractivity contribution in [2.45, 2.75) is 45.2 Å². The lowest BCUT2D eigenvalue weighted by atomic mass is 9.98. The number of hydrogen-bond donors (Lipinski definition) is 3. The van der Waals surface area contributed by atoms with Crippen molar-refractivity contribution in [1.82, 2.24) is 15.6 Å². The van der Waals surface area contributed by atoms with Gasteiger partial charge in [0.2, 0.25) is 0 Å². The van der Waals surface area contributed by atoms with Crippen LogP contribution in [0.3, 0.4) is 0 Å². The Morgan fingerprint density at radius 2 is 1.69 bits per heavy atom. The van der Waals surface area contributed by atoms with Gasteiger partial charge in [0, 0.05) is 45.1 Å². The first-order valence-electron chi connectivity index (χ1n) is 11.6. The van der Waals surface area contributed by atoms with Gasteiger partial charge in [-0.25, -0.2) is 4.98 Å². The number of pyridine rings is 1. The maximum atomic E-state index is 11.3. The first-order chi connectivity index (χ1) is 15.5. The molecule has 1 fully saturated rings. The van der Waals surface area contributed by atoms with Crippen LogP contribution in [0, 0.1) is 0 Å². The lowest BCUT2D eigenvalue weighted by molar-refractivity contribution is -0.135. The highest BCUT2D eigenvalue weighted by Crippen LogP contribution is 2.28. The van der Waals surface area contributed by atoms with Crippen molar-refractivity contribution in [3.05, 3.63) is 52.7 Å². The normalized spacial score (nSPS) is 13.9. The van der Waals surface area contributed by atoms with E-state index in [-0.39, 0.29) is 6.54 Å². The third kappa shape index (κ3) is 6.43. The molecule has 174 valence electrons. The molecule has 0 bridgehead atoms. The molecule has 7 heteroatoms. The smallest absolute Gasteiger partial charge is 0.323 e. The van der Waals surface area contributed by atoms with Gasteiger partial charge in [0.25, 0.3) is 0 Å². The SMILES string of the molecule is CNCc1ccc(N2CCCCC2)c(CCc2cc(CNC)cnc2N(C)CC(=O)O)c1. The maximum Gasteiger partial charge on any atom is 0.323 e. The highest BCUT2D eigenvalue weighted by atomic mass is 16.4. The van der Waals surface area contributed by atoms with Crippen molar-refractivity contribution in [3.8, 4) is 0 Å². The molecular weight excluding hydrogens is 402 g/mol. The summed E-state index contributed by atoms with van der Waals surface area (Å²) >= 11 is 0. The zero-order valence-electron chi connectivity index (χ0n) is 19.7. The number of aliphatic carboxylic acids is 1. The third-order valence-electron chi connectivity index (χ3n) is 6.00. The Morgan fingerprint density at radius 3 is 2.38 bits per heavy atom. The molecule has 3 rings (SSSR count). The number of carboxylic acids is 1. The molecule has 2 aromatic rings. The first kappa shape index (κ1) is 24.0. The predicted molar refractivity (Wildman–Crippen MR) is 131 cm³/mol. The van der Waals surface area contributed by atoms with E-state index in [1.165, 1.54) is 36.1 Å². The number of aryl methyl sites for hydroxylation is 2. The molecule has 0 spiro atoms. The molecule has 1 aromatic heterocycles. The molecule has 1 saturated heterocycles. The van der Waals surface area contributed by atoms with E-state index in [1.54, 1.807) is 11.9 Å². The van der Waals surface area contributed by atoms with E-state index in [2.05, 4.69) is 44.8 Å². The summed E-state index contributed by atoms with van der Waals surface area (Å²) in [5, 5.41) is 15.7. The number of aromatic nitrogens is 1. The monoisotopic (exact) mass is 439 g/mol. The number of piperidine rings is 1. The Kier molecular flexibility index (Phi) is 8.88. The fraction of sp³-hybridized carbons (Fsp3) is 0.520. The Balaban J connectivity index is 1.88. The van der Waals surface area contributed by atoms with Gasteiger partial charge < -0.3 is 25.5 Å². The van der Waals surface area contributed by atoms with Crippen molar-refractivity contribution in [3.63, 3.8) is 0 Å². The van der Waals surface area contributed by atoms with Gasteiger partial charge in [-0.3, -0.25) is 4.79 Å². The zero-order chi connectivity index (χ0) is 22.9. The summed E-state index contributed by atoms with van der Waals surface area (Å²) in [6, 6.07) is 8.99. The molecule has 1 aromatic carbocycles. The van der Waals surface area contributed by atoms with Crippen LogP contribution in [0.1, 0.15) is 41.5 Å². The van der Waals surface area contributed by atoms with E-state index in [0.29, 0.717) is 0 Å². The van der Waals surface area contributed by atoms with Gasteiger partial charge in [-0.05, 0) is 80.6 Å².